The van der Waals surface area contributed by atoms with E-state index < -0.39 is 11.4 Å². The standard InChI is InChI=1S/C14H26N2O3/c1-5-14(12(17)18)8-7-9-15(10-14)13(19)16(6-2)11(3)4/h11H,5-10H2,1-4H3,(H,17,18). The fourth-order valence-corrected chi connectivity index (χ4v) is 2.81. The van der Waals surface area contributed by atoms with E-state index in [4.69, 9.17) is 0 Å². The fourth-order valence-electron chi connectivity index (χ4n) is 2.81. The van der Waals surface area contributed by atoms with E-state index in [1.54, 1.807) is 9.80 Å². The van der Waals surface area contributed by atoms with Crippen LogP contribution in [0.5, 0.6) is 0 Å². The number of rotatable bonds is 4. The van der Waals surface area contributed by atoms with Crippen LogP contribution >= 0.6 is 0 Å². The highest BCUT2D eigenvalue weighted by atomic mass is 16.4. The summed E-state index contributed by atoms with van der Waals surface area (Å²) < 4.78 is 0. The van der Waals surface area contributed by atoms with Gasteiger partial charge >= 0.3 is 12.0 Å². The Bertz CT molecular complexity index is 344. The van der Waals surface area contributed by atoms with Crippen LogP contribution in [0.25, 0.3) is 0 Å². The van der Waals surface area contributed by atoms with Crippen molar-refractivity contribution in [3.63, 3.8) is 0 Å². The number of hydrogen-bond donors (Lipinski definition) is 1. The maximum absolute atomic E-state index is 12.5. The summed E-state index contributed by atoms with van der Waals surface area (Å²) in [7, 11) is 0. The Hall–Kier alpha value is -1.26. The summed E-state index contributed by atoms with van der Waals surface area (Å²) in [6, 6.07) is 0.108. The second kappa shape index (κ2) is 6.26. The van der Waals surface area contributed by atoms with Crippen molar-refractivity contribution in [3.8, 4) is 0 Å². The minimum Gasteiger partial charge on any atom is -0.481 e. The van der Waals surface area contributed by atoms with Crippen LogP contribution in [0.4, 0.5) is 4.79 Å². The van der Waals surface area contributed by atoms with Gasteiger partial charge in [-0.3, -0.25) is 4.79 Å². The molecule has 110 valence electrons. The summed E-state index contributed by atoms with van der Waals surface area (Å²) >= 11 is 0. The molecular weight excluding hydrogens is 244 g/mol. The van der Waals surface area contributed by atoms with Crippen molar-refractivity contribution in [2.45, 2.75) is 53.0 Å². The molecule has 5 heteroatoms. The number of carboxylic acids is 1. The van der Waals surface area contributed by atoms with Crippen molar-refractivity contribution < 1.29 is 14.7 Å². The molecule has 1 atom stereocenters. The third kappa shape index (κ3) is 3.19. The van der Waals surface area contributed by atoms with Gasteiger partial charge in [0.25, 0.3) is 0 Å². The first kappa shape index (κ1) is 15.8. The van der Waals surface area contributed by atoms with E-state index in [9.17, 15) is 14.7 Å². The summed E-state index contributed by atoms with van der Waals surface area (Å²) in [4.78, 5) is 27.5. The van der Waals surface area contributed by atoms with Gasteiger partial charge in [0.1, 0.15) is 0 Å². The van der Waals surface area contributed by atoms with Crippen molar-refractivity contribution in [1.82, 2.24) is 9.80 Å². The van der Waals surface area contributed by atoms with Gasteiger partial charge in [-0.05, 0) is 40.0 Å². The Kier molecular flexibility index (Phi) is 5.20. The molecule has 5 nitrogen and oxygen atoms in total. The van der Waals surface area contributed by atoms with Crippen molar-refractivity contribution >= 4 is 12.0 Å². The molecule has 0 saturated carbocycles. The van der Waals surface area contributed by atoms with Crippen LogP contribution < -0.4 is 0 Å². The van der Waals surface area contributed by atoms with E-state index >= 15 is 0 Å². The summed E-state index contributed by atoms with van der Waals surface area (Å²) in [5, 5.41) is 9.44. The molecule has 1 saturated heterocycles. The normalized spacial score (nSPS) is 23.5. The average Bonchev–Trinajstić information content (AvgIpc) is 2.38. The Morgan fingerprint density at radius 1 is 1.37 bits per heavy atom. The third-order valence-electron chi connectivity index (χ3n) is 4.19. The van der Waals surface area contributed by atoms with Crippen LogP contribution in [0.15, 0.2) is 0 Å². The Labute approximate surface area is 115 Å². The van der Waals surface area contributed by atoms with Crippen molar-refractivity contribution in [1.29, 1.82) is 0 Å². The zero-order chi connectivity index (χ0) is 14.6. The zero-order valence-corrected chi connectivity index (χ0v) is 12.5. The minimum absolute atomic E-state index is 0.0312. The molecule has 1 aliphatic heterocycles. The topological polar surface area (TPSA) is 60.9 Å². The number of aliphatic carboxylic acids is 1. The quantitative estimate of drug-likeness (QED) is 0.853. The molecule has 0 aromatic heterocycles. The molecule has 1 rings (SSSR count). The summed E-state index contributed by atoms with van der Waals surface area (Å²) in [5.41, 5.74) is -0.760. The van der Waals surface area contributed by atoms with E-state index in [1.165, 1.54) is 0 Å². The van der Waals surface area contributed by atoms with Gasteiger partial charge in [0.05, 0.1) is 5.41 Å². The summed E-state index contributed by atoms with van der Waals surface area (Å²) in [6.07, 6.45) is 2.00. The molecular formula is C14H26N2O3. The second-order valence-electron chi connectivity index (χ2n) is 5.63. The number of urea groups is 1. The number of amides is 2. The molecule has 1 fully saturated rings. The van der Waals surface area contributed by atoms with Gasteiger partial charge in [-0.2, -0.15) is 0 Å². The predicted octanol–water partition coefficient (Wildman–Crippen LogP) is 2.41. The Morgan fingerprint density at radius 2 is 2.00 bits per heavy atom. The number of likely N-dealkylation sites (tertiary alicyclic amines) is 1. The van der Waals surface area contributed by atoms with Crippen LogP contribution in [0.2, 0.25) is 0 Å². The highest BCUT2D eigenvalue weighted by Crippen LogP contribution is 2.34. The van der Waals surface area contributed by atoms with Gasteiger partial charge in [0.2, 0.25) is 0 Å². The lowest BCUT2D eigenvalue weighted by molar-refractivity contribution is -0.152. The highest BCUT2D eigenvalue weighted by molar-refractivity contribution is 5.79. The number of carbonyl (C=O) groups excluding carboxylic acids is 1. The van der Waals surface area contributed by atoms with E-state index in [0.29, 0.717) is 32.5 Å². The molecule has 0 aromatic carbocycles. The van der Waals surface area contributed by atoms with Gasteiger partial charge in [0.15, 0.2) is 0 Å². The van der Waals surface area contributed by atoms with E-state index in [-0.39, 0.29) is 12.1 Å². The first-order valence-electron chi connectivity index (χ1n) is 7.17. The van der Waals surface area contributed by atoms with Gasteiger partial charge in [-0.1, -0.05) is 6.92 Å². The molecule has 2 amide bonds. The Morgan fingerprint density at radius 3 is 2.42 bits per heavy atom. The lowest BCUT2D eigenvalue weighted by Gasteiger charge is -2.42. The average molecular weight is 270 g/mol. The highest BCUT2D eigenvalue weighted by Gasteiger charge is 2.42. The van der Waals surface area contributed by atoms with Gasteiger partial charge in [-0.15, -0.1) is 0 Å². The Balaban J connectivity index is 2.84. The number of hydrogen-bond acceptors (Lipinski definition) is 2. The van der Waals surface area contributed by atoms with Crippen molar-refractivity contribution in [3.05, 3.63) is 0 Å². The number of carbonyl (C=O) groups is 2. The van der Waals surface area contributed by atoms with Crippen LogP contribution in [0.3, 0.4) is 0 Å². The molecule has 0 aliphatic carbocycles. The fraction of sp³-hybridized carbons (Fsp3) is 0.857. The smallest absolute Gasteiger partial charge is 0.320 e. The first-order valence-corrected chi connectivity index (χ1v) is 7.17. The van der Waals surface area contributed by atoms with Crippen LogP contribution in [0, 0.1) is 5.41 Å². The molecule has 1 aliphatic rings. The molecule has 1 unspecified atom stereocenters. The van der Waals surface area contributed by atoms with Crippen LogP contribution in [-0.2, 0) is 4.79 Å². The molecule has 1 N–H and O–H groups in total. The summed E-state index contributed by atoms with van der Waals surface area (Å²) in [5.74, 6) is -0.778. The molecule has 0 bridgehead atoms. The number of nitrogens with zero attached hydrogens (tertiary/aromatic N) is 2. The zero-order valence-electron chi connectivity index (χ0n) is 12.5. The minimum atomic E-state index is -0.778. The molecule has 0 spiro atoms. The van der Waals surface area contributed by atoms with Crippen molar-refractivity contribution in [2.24, 2.45) is 5.41 Å². The van der Waals surface area contributed by atoms with Crippen LogP contribution in [-0.4, -0.2) is 52.6 Å². The first-order chi connectivity index (χ1) is 8.88. The monoisotopic (exact) mass is 270 g/mol. The molecule has 1 heterocycles. The number of carboxylic acid groups (broad SMARTS) is 1. The van der Waals surface area contributed by atoms with E-state index in [1.807, 2.05) is 27.7 Å². The van der Waals surface area contributed by atoms with E-state index in [2.05, 4.69) is 0 Å². The van der Waals surface area contributed by atoms with Gasteiger partial charge in [-0.25, -0.2) is 4.79 Å². The number of piperidine rings is 1. The van der Waals surface area contributed by atoms with E-state index in [0.717, 1.165) is 6.42 Å². The maximum atomic E-state index is 12.5. The lowest BCUT2D eigenvalue weighted by Crippen LogP contribution is -2.54. The summed E-state index contributed by atoms with van der Waals surface area (Å²) in [6.45, 7) is 9.46. The predicted molar refractivity (Wildman–Crippen MR) is 74.1 cm³/mol. The SMILES string of the molecule is CCN(C(=O)N1CCCC(CC)(C(=O)O)C1)C(C)C. The van der Waals surface area contributed by atoms with Crippen LogP contribution in [0.1, 0.15) is 47.0 Å². The van der Waals surface area contributed by atoms with Gasteiger partial charge < -0.3 is 14.9 Å². The molecule has 0 radical (unpaired) electrons. The largest absolute Gasteiger partial charge is 0.481 e. The third-order valence-corrected chi connectivity index (χ3v) is 4.19. The molecule has 19 heavy (non-hydrogen) atoms. The van der Waals surface area contributed by atoms with Crippen molar-refractivity contribution in [2.75, 3.05) is 19.6 Å². The lowest BCUT2D eigenvalue weighted by atomic mass is 9.78. The second-order valence-corrected chi connectivity index (χ2v) is 5.63. The maximum Gasteiger partial charge on any atom is 0.320 e. The van der Waals surface area contributed by atoms with Gasteiger partial charge in [0, 0.05) is 25.7 Å². The molecule has 0 aromatic rings.